The van der Waals surface area contributed by atoms with E-state index in [0.717, 1.165) is 25.2 Å². The molecule has 0 bridgehead atoms. The molecule has 1 aromatic heterocycles. The van der Waals surface area contributed by atoms with Crippen LogP contribution >= 0.6 is 0 Å². The lowest BCUT2D eigenvalue weighted by Crippen LogP contribution is -2.26. The Morgan fingerprint density at radius 2 is 2.17 bits per heavy atom. The Kier molecular flexibility index (Phi) is 3.33. The zero-order chi connectivity index (χ0) is 13.3. The summed E-state index contributed by atoms with van der Waals surface area (Å²) in [4.78, 5) is 0. The quantitative estimate of drug-likeness (QED) is 0.773. The Labute approximate surface area is 103 Å². The molecule has 0 aromatic carbocycles. The van der Waals surface area contributed by atoms with E-state index in [0.29, 0.717) is 12.3 Å². The topological polar surface area (TPSA) is 41.6 Å². The largest absolute Gasteiger partial charge is 0.419 e. The summed E-state index contributed by atoms with van der Waals surface area (Å²) in [6, 6.07) is 1.94. The van der Waals surface area contributed by atoms with Crippen molar-refractivity contribution in [1.82, 2.24) is 9.78 Å². The predicted octanol–water partition coefficient (Wildman–Crippen LogP) is 3.40. The van der Waals surface area contributed by atoms with E-state index in [1.165, 1.54) is 4.68 Å². The maximum Gasteiger partial charge on any atom is 0.419 e. The summed E-state index contributed by atoms with van der Waals surface area (Å²) in [5.41, 5.74) is -0.752. The second kappa shape index (κ2) is 4.63. The summed E-state index contributed by atoms with van der Waals surface area (Å²) in [7, 11) is 0. The average molecular weight is 257 g/mol. The van der Waals surface area contributed by atoms with Gasteiger partial charge in [-0.3, -0.25) is 4.68 Å². The number of hydrogen-bond donors (Lipinski definition) is 0. The average Bonchev–Trinajstić information content (AvgIpc) is 2.77. The van der Waals surface area contributed by atoms with Gasteiger partial charge in [-0.25, -0.2) is 0 Å². The minimum atomic E-state index is -4.37. The van der Waals surface area contributed by atoms with Gasteiger partial charge in [-0.2, -0.15) is 23.5 Å². The van der Waals surface area contributed by atoms with E-state index in [4.69, 9.17) is 5.26 Å². The van der Waals surface area contributed by atoms with Crippen molar-refractivity contribution in [1.29, 1.82) is 5.26 Å². The minimum Gasteiger partial charge on any atom is -0.268 e. The van der Waals surface area contributed by atoms with Gasteiger partial charge in [0, 0.05) is 6.20 Å². The first-order valence-electron chi connectivity index (χ1n) is 5.92. The molecule has 3 nitrogen and oxygen atoms in total. The van der Waals surface area contributed by atoms with E-state index >= 15 is 0 Å². The molecule has 3 atom stereocenters. The monoisotopic (exact) mass is 257 g/mol. The number of halogens is 3. The number of aromatic nitrogens is 2. The van der Waals surface area contributed by atoms with E-state index in [1.54, 1.807) is 0 Å². The smallest absolute Gasteiger partial charge is 0.268 e. The molecule has 1 fully saturated rings. The van der Waals surface area contributed by atoms with Crippen LogP contribution in [-0.2, 0) is 6.18 Å². The zero-order valence-corrected chi connectivity index (χ0v) is 9.98. The Bertz CT molecular complexity index is 458. The summed E-state index contributed by atoms with van der Waals surface area (Å²) in [5, 5.41) is 12.8. The minimum absolute atomic E-state index is 0.241. The third-order valence-corrected chi connectivity index (χ3v) is 3.51. The molecule has 0 amide bonds. The standard InChI is InChI=1S/C12H14F3N3/c1-8-2-3-9(5-16)11(4-8)18-7-10(6-17-18)12(13,14)15/h6-9,11H,2-4H2,1H3. The first kappa shape index (κ1) is 12.9. The van der Waals surface area contributed by atoms with Gasteiger partial charge in [-0.15, -0.1) is 0 Å². The molecule has 18 heavy (non-hydrogen) atoms. The van der Waals surface area contributed by atoms with Crippen molar-refractivity contribution in [2.24, 2.45) is 11.8 Å². The molecule has 0 spiro atoms. The molecule has 1 saturated carbocycles. The van der Waals surface area contributed by atoms with Crippen LogP contribution in [0.5, 0.6) is 0 Å². The number of nitrogens with zero attached hydrogens (tertiary/aromatic N) is 3. The SMILES string of the molecule is CC1CCC(C#N)C(n2cc(C(F)(F)F)cn2)C1. The molecule has 6 heteroatoms. The van der Waals surface area contributed by atoms with Gasteiger partial charge in [0.1, 0.15) is 0 Å². The van der Waals surface area contributed by atoms with Crippen LogP contribution < -0.4 is 0 Å². The Morgan fingerprint density at radius 1 is 1.44 bits per heavy atom. The van der Waals surface area contributed by atoms with E-state index in [1.807, 2.05) is 0 Å². The second-order valence-electron chi connectivity index (χ2n) is 4.93. The van der Waals surface area contributed by atoms with E-state index in [-0.39, 0.29) is 12.0 Å². The van der Waals surface area contributed by atoms with Crippen molar-refractivity contribution < 1.29 is 13.2 Å². The van der Waals surface area contributed by atoms with Gasteiger partial charge in [-0.1, -0.05) is 6.92 Å². The van der Waals surface area contributed by atoms with Crippen LogP contribution in [0, 0.1) is 23.2 Å². The predicted molar refractivity (Wildman–Crippen MR) is 58.4 cm³/mol. The molecule has 2 rings (SSSR count). The van der Waals surface area contributed by atoms with Crippen LogP contribution in [0.4, 0.5) is 13.2 Å². The van der Waals surface area contributed by atoms with Gasteiger partial charge in [0.25, 0.3) is 0 Å². The van der Waals surface area contributed by atoms with Crippen molar-refractivity contribution in [3.05, 3.63) is 18.0 Å². The summed E-state index contributed by atoms with van der Waals surface area (Å²) in [6.45, 7) is 2.05. The van der Waals surface area contributed by atoms with Crippen LogP contribution in [0.25, 0.3) is 0 Å². The van der Waals surface area contributed by atoms with Crippen LogP contribution in [0.2, 0.25) is 0 Å². The number of alkyl halides is 3. The Morgan fingerprint density at radius 3 is 2.72 bits per heavy atom. The fourth-order valence-electron chi connectivity index (χ4n) is 2.46. The third kappa shape index (κ3) is 2.50. The molecule has 98 valence electrons. The van der Waals surface area contributed by atoms with Gasteiger partial charge in [-0.05, 0) is 25.2 Å². The van der Waals surface area contributed by atoms with E-state index in [9.17, 15) is 13.2 Å². The van der Waals surface area contributed by atoms with Crippen LogP contribution in [0.3, 0.4) is 0 Å². The van der Waals surface area contributed by atoms with Crippen molar-refractivity contribution in [3.63, 3.8) is 0 Å². The molecule has 1 aromatic rings. The number of rotatable bonds is 1. The zero-order valence-electron chi connectivity index (χ0n) is 9.98. The Hall–Kier alpha value is -1.51. The van der Waals surface area contributed by atoms with Crippen molar-refractivity contribution in [3.8, 4) is 6.07 Å². The first-order valence-corrected chi connectivity index (χ1v) is 5.92. The third-order valence-electron chi connectivity index (χ3n) is 3.51. The summed E-state index contributed by atoms with van der Waals surface area (Å²) >= 11 is 0. The highest BCUT2D eigenvalue weighted by Crippen LogP contribution is 2.37. The fraction of sp³-hybridized carbons (Fsp3) is 0.667. The molecule has 0 aliphatic heterocycles. The number of nitriles is 1. The molecule has 1 aliphatic carbocycles. The lowest BCUT2D eigenvalue weighted by Gasteiger charge is -2.31. The van der Waals surface area contributed by atoms with E-state index in [2.05, 4.69) is 18.1 Å². The fourth-order valence-corrected chi connectivity index (χ4v) is 2.46. The molecule has 3 unspecified atom stereocenters. The molecule has 1 aliphatic rings. The van der Waals surface area contributed by atoms with E-state index < -0.39 is 11.7 Å². The van der Waals surface area contributed by atoms with Gasteiger partial charge in [0.2, 0.25) is 0 Å². The summed E-state index contributed by atoms with van der Waals surface area (Å²) in [6.07, 6.45) is -0.162. The molecule has 1 heterocycles. The second-order valence-corrected chi connectivity index (χ2v) is 4.93. The van der Waals surface area contributed by atoms with Crippen LogP contribution in [-0.4, -0.2) is 9.78 Å². The lowest BCUT2D eigenvalue weighted by atomic mass is 9.80. The molecule has 0 radical (unpaired) electrons. The molecule has 0 saturated heterocycles. The summed E-state index contributed by atoms with van der Waals surface area (Å²) in [5.74, 6) is 0.167. The first-order chi connectivity index (χ1) is 8.41. The molecule has 0 N–H and O–H groups in total. The highest BCUT2D eigenvalue weighted by Gasteiger charge is 2.35. The maximum absolute atomic E-state index is 12.5. The lowest BCUT2D eigenvalue weighted by molar-refractivity contribution is -0.137. The van der Waals surface area contributed by atoms with Crippen molar-refractivity contribution >= 4 is 0 Å². The Balaban J connectivity index is 2.24. The van der Waals surface area contributed by atoms with Crippen molar-refractivity contribution in [2.45, 2.75) is 38.4 Å². The van der Waals surface area contributed by atoms with Crippen LogP contribution in [0.1, 0.15) is 37.8 Å². The van der Waals surface area contributed by atoms with Gasteiger partial charge in [0.05, 0.1) is 29.8 Å². The normalized spacial score (nSPS) is 28.9. The molecular weight excluding hydrogens is 243 g/mol. The highest BCUT2D eigenvalue weighted by molar-refractivity contribution is 5.10. The molecular formula is C12H14F3N3. The summed E-state index contributed by atoms with van der Waals surface area (Å²) < 4.78 is 38.8. The van der Waals surface area contributed by atoms with Crippen LogP contribution in [0.15, 0.2) is 12.4 Å². The maximum atomic E-state index is 12.5. The number of hydrogen-bond acceptors (Lipinski definition) is 2. The van der Waals surface area contributed by atoms with Gasteiger partial charge < -0.3 is 0 Å². The van der Waals surface area contributed by atoms with Crippen molar-refractivity contribution in [2.75, 3.05) is 0 Å². The van der Waals surface area contributed by atoms with Gasteiger partial charge in [0.15, 0.2) is 0 Å². The highest BCUT2D eigenvalue weighted by atomic mass is 19.4. The van der Waals surface area contributed by atoms with Gasteiger partial charge >= 0.3 is 6.18 Å².